The van der Waals surface area contributed by atoms with E-state index in [1.807, 2.05) is 0 Å². The molecular formula is C14H28N2O. The minimum absolute atomic E-state index is 0.346. The Balaban J connectivity index is 1.81. The SMILES string of the molecule is CC1CCC(C(CN)NC2CCCCCC2)O1. The molecule has 1 heterocycles. The normalized spacial score (nSPS) is 33.5. The van der Waals surface area contributed by atoms with E-state index in [0.29, 0.717) is 30.8 Å². The molecule has 0 radical (unpaired) electrons. The maximum atomic E-state index is 5.94. The molecule has 0 aromatic rings. The van der Waals surface area contributed by atoms with E-state index >= 15 is 0 Å². The molecule has 17 heavy (non-hydrogen) atoms. The zero-order valence-corrected chi connectivity index (χ0v) is 11.2. The van der Waals surface area contributed by atoms with Crippen molar-refractivity contribution in [1.29, 1.82) is 0 Å². The molecule has 3 atom stereocenters. The lowest BCUT2D eigenvalue weighted by atomic mass is 10.0. The molecule has 2 rings (SSSR count). The predicted molar refractivity (Wildman–Crippen MR) is 71.0 cm³/mol. The van der Waals surface area contributed by atoms with Crippen LogP contribution in [0.5, 0.6) is 0 Å². The Hall–Kier alpha value is -0.120. The Morgan fingerprint density at radius 1 is 1.12 bits per heavy atom. The van der Waals surface area contributed by atoms with Crippen LogP contribution in [-0.2, 0) is 4.74 Å². The van der Waals surface area contributed by atoms with Crippen LogP contribution in [0.3, 0.4) is 0 Å². The molecule has 3 heteroatoms. The van der Waals surface area contributed by atoms with Crippen molar-refractivity contribution in [1.82, 2.24) is 5.32 Å². The number of nitrogens with two attached hydrogens (primary N) is 1. The Bertz CT molecular complexity index is 214. The van der Waals surface area contributed by atoms with Crippen molar-refractivity contribution in [2.45, 2.75) is 82.6 Å². The summed E-state index contributed by atoms with van der Waals surface area (Å²) in [6, 6.07) is 1.04. The third kappa shape index (κ3) is 3.94. The molecule has 1 aliphatic carbocycles. The molecule has 0 aromatic carbocycles. The summed E-state index contributed by atoms with van der Waals surface area (Å²) in [5.41, 5.74) is 5.91. The summed E-state index contributed by atoms with van der Waals surface area (Å²) in [6.07, 6.45) is 11.3. The van der Waals surface area contributed by atoms with E-state index < -0.39 is 0 Å². The molecule has 3 unspecified atom stereocenters. The average molecular weight is 240 g/mol. The predicted octanol–water partition coefficient (Wildman–Crippen LogP) is 2.19. The molecule has 1 saturated carbocycles. The molecule has 2 aliphatic rings. The van der Waals surface area contributed by atoms with Gasteiger partial charge in [-0.05, 0) is 32.6 Å². The fourth-order valence-electron chi connectivity index (χ4n) is 3.21. The second kappa shape index (κ2) is 6.72. The molecule has 1 aliphatic heterocycles. The van der Waals surface area contributed by atoms with Crippen LogP contribution in [0.15, 0.2) is 0 Å². The van der Waals surface area contributed by atoms with Crippen LogP contribution >= 0.6 is 0 Å². The van der Waals surface area contributed by atoms with Gasteiger partial charge < -0.3 is 15.8 Å². The monoisotopic (exact) mass is 240 g/mol. The largest absolute Gasteiger partial charge is 0.374 e. The number of ether oxygens (including phenoxy) is 1. The van der Waals surface area contributed by atoms with Gasteiger partial charge in [-0.25, -0.2) is 0 Å². The summed E-state index contributed by atoms with van der Waals surface area (Å²) in [7, 11) is 0. The lowest BCUT2D eigenvalue weighted by Crippen LogP contribution is -2.49. The Morgan fingerprint density at radius 2 is 1.82 bits per heavy atom. The van der Waals surface area contributed by atoms with Crippen LogP contribution in [0.25, 0.3) is 0 Å². The van der Waals surface area contributed by atoms with Crippen molar-refractivity contribution in [2.75, 3.05) is 6.54 Å². The average Bonchev–Trinajstić information content (AvgIpc) is 2.62. The van der Waals surface area contributed by atoms with Crippen LogP contribution in [0.4, 0.5) is 0 Å². The maximum absolute atomic E-state index is 5.94. The maximum Gasteiger partial charge on any atom is 0.0745 e. The number of hydrogen-bond donors (Lipinski definition) is 2. The van der Waals surface area contributed by atoms with Crippen molar-refractivity contribution in [3.05, 3.63) is 0 Å². The highest BCUT2D eigenvalue weighted by atomic mass is 16.5. The summed E-state index contributed by atoms with van der Waals surface area (Å²) in [5.74, 6) is 0. The smallest absolute Gasteiger partial charge is 0.0745 e. The quantitative estimate of drug-likeness (QED) is 0.741. The highest BCUT2D eigenvalue weighted by molar-refractivity contribution is 4.86. The molecule has 2 fully saturated rings. The highest BCUT2D eigenvalue weighted by Crippen LogP contribution is 2.23. The minimum Gasteiger partial charge on any atom is -0.374 e. The molecular weight excluding hydrogens is 212 g/mol. The van der Waals surface area contributed by atoms with E-state index in [0.717, 1.165) is 0 Å². The van der Waals surface area contributed by atoms with E-state index in [1.165, 1.54) is 51.4 Å². The fraction of sp³-hybridized carbons (Fsp3) is 1.00. The van der Waals surface area contributed by atoms with Gasteiger partial charge in [0.1, 0.15) is 0 Å². The zero-order chi connectivity index (χ0) is 12.1. The van der Waals surface area contributed by atoms with Gasteiger partial charge in [0.2, 0.25) is 0 Å². The van der Waals surface area contributed by atoms with E-state index in [-0.39, 0.29) is 0 Å². The first-order valence-corrected chi connectivity index (χ1v) is 7.41. The number of nitrogens with one attached hydrogen (secondary N) is 1. The van der Waals surface area contributed by atoms with Gasteiger partial charge >= 0.3 is 0 Å². The van der Waals surface area contributed by atoms with Crippen molar-refractivity contribution >= 4 is 0 Å². The third-order valence-electron chi connectivity index (χ3n) is 4.27. The van der Waals surface area contributed by atoms with E-state index in [4.69, 9.17) is 10.5 Å². The lowest BCUT2D eigenvalue weighted by Gasteiger charge is -2.28. The molecule has 100 valence electrons. The van der Waals surface area contributed by atoms with Gasteiger partial charge in [0, 0.05) is 18.6 Å². The van der Waals surface area contributed by atoms with Crippen LogP contribution < -0.4 is 11.1 Å². The molecule has 3 N–H and O–H groups in total. The van der Waals surface area contributed by atoms with E-state index in [9.17, 15) is 0 Å². The summed E-state index contributed by atoms with van der Waals surface area (Å²) in [5, 5.41) is 3.76. The van der Waals surface area contributed by atoms with Crippen molar-refractivity contribution < 1.29 is 4.74 Å². The number of rotatable bonds is 4. The number of hydrogen-bond acceptors (Lipinski definition) is 3. The van der Waals surface area contributed by atoms with Crippen LogP contribution in [0.2, 0.25) is 0 Å². The van der Waals surface area contributed by atoms with Crippen LogP contribution in [-0.4, -0.2) is 30.8 Å². The zero-order valence-electron chi connectivity index (χ0n) is 11.2. The van der Waals surface area contributed by atoms with Crippen LogP contribution in [0.1, 0.15) is 58.3 Å². The topological polar surface area (TPSA) is 47.3 Å². The fourth-order valence-corrected chi connectivity index (χ4v) is 3.21. The van der Waals surface area contributed by atoms with E-state index in [1.54, 1.807) is 0 Å². The van der Waals surface area contributed by atoms with Gasteiger partial charge in [-0.3, -0.25) is 0 Å². The Kier molecular flexibility index (Phi) is 5.26. The molecule has 0 amide bonds. The van der Waals surface area contributed by atoms with Crippen molar-refractivity contribution in [3.8, 4) is 0 Å². The minimum atomic E-state index is 0.346. The van der Waals surface area contributed by atoms with Gasteiger partial charge in [0.25, 0.3) is 0 Å². The second-order valence-corrected chi connectivity index (χ2v) is 5.76. The van der Waals surface area contributed by atoms with Gasteiger partial charge in [-0.2, -0.15) is 0 Å². The first-order valence-electron chi connectivity index (χ1n) is 7.41. The van der Waals surface area contributed by atoms with E-state index in [2.05, 4.69) is 12.2 Å². The third-order valence-corrected chi connectivity index (χ3v) is 4.27. The highest BCUT2D eigenvalue weighted by Gasteiger charge is 2.30. The molecule has 0 spiro atoms. The summed E-state index contributed by atoms with van der Waals surface area (Å²) >= 11 is 0. The van der Waals surface area contributed by atoms with Gasteiger partial charge in [-0.15, -0.1) is 0 Å². The Morgan fingerprint density at radius 3 is 2.35 bits per heavy atom. The molecule has 3 nitrogen and oxygen atoms in total. The van der Waals surface area contributed by atoms with Crippen molar-refractivity contribution in [3.63, 3.8) is 0 Å². The van der Waals surface area contributed by atoms with Gasteiger partial charge in [-0.1, -0.05) is 25.7 Å². The summed E-state index contributed by atoms with van der Waals surface area (Å²) < 4.78 is 5.94. The first kappa shape index (κ1) is 13.3. The standard InChI is InChI=1S/C14H28N2O/c1-11-8-9-14(17-11)13(10-15)16-12-6-4-2-3-5-7-12/h11-14,16H,2-10,15H2,1H3. The summed E-state index contributed by atoms with van der Waals surface area (Å²) in [6.45, 7) is 2.87. The second-order valence-electron chi connectivity index (χ2n) is 5.76. The summed E-state index contributed by atoms with van der Waals surface area (Å²) in [4.78, 5) is 0. The van der Waals surface area contributed by atoms with Gasteiger partial charge in [0.15, 0.2) is 0 Å². The van der Waals surface area contributed by atoms with Crippen molar-refractivity contribution in [2.24, 2.45) is 5.73 Å². The van der Waals surface area contributed by atoms with Crippen LogP contribution in [0, 0.1) is 0 Å². The van der Waals surface area contributed by atoms with Gasteiger partial charge in [0.05, 0.1) is 12.2 Å². The molecule has 0 bridgehead atoms. The first-order chi connectivity index (χ1) is 8.29. The molecule has 0 aromatic heterocycles. The Labute approximate surface area is 105 Å². The lowest BCUT2D eigenvalue weighted by molar-refractivity contribution is 0.0306. The molecule has 1 saturated heterocycles.